The SMILES string of the molecule is Cc1ccccc1CN(C(=O)CCCN(c1ccc2c(c1)OCO2)S(C)(=O)=O)[C@H](C)C(=O)NCC(C)C. The van der Waals surface area contributed by atoms with Crippen LogP contribution in [0.5, 0.6) is 11.5 Å². The normalized spacial score (nSPS) is 13.4. The number of nitrogens with zero attached hydrogens (tertiary/aromatic N) is 2. The monoisotopic (exact) mass is 531 g/mol. The molecule has 10 heteroatoms. The van der Waals surface area contributed by atoms with E-state index in [-0.39, 0.29) is 43.9 Å². The molecule has 0 fully saturated rings. The van der Waals surface area contributed by atoms with E-state index in [1.165, 1.54) is 4.31 Å². The van der Waals surface area contributed by atoms with Crippen LogP contribution in [0.2, 0.25) is 0 Å². The van der Waals surface area contributed by atoms with Crippen LogP contribution in [0.25, 0.3) is 0 Å². The van der Waals surface area contributed by atoms with Crippen molar-refractivity contribution in [3.8, 4) is 11.5 Å². The minimum absolute atomic E-state index is 0.0876. The number of carbonyl (C=O) groups is 2. The van der Waals surface area contributed by atoms with E-state index in [9.17, 15) is 18.0 Å². The number of amides is 2. The quantitative estimate of drug-likeness (QED) is 0.450. The van der Waals surface area contributed by atoms with E-state index >= 15 is 0 Å². The third-order valence-electron chi connectivity index (χ3n) is 6.25. The van der Waals surface area contributed by atoms with E-state index in [4.69, 9.17) is 9.47 Å². The maximum absolute atomic E-state index is 13.4. The first-order chi connectivity index (χ1) is 17.5. The van der Waals surface area contributed by atoms with Crippen molar-refractivity contribution < 1.29 is 27.5 Å². The Morgan fingerprint density at radius 1 is 1.05 bits per heavy atom. The number of rotatable bonds is 12. The van der Waals surface area contributed by atoms with Gasteiger partial charge in [0.2, 0.25) is 28.6 Å². The van der Waals surface area contributed by atoms with E-state index in [1.807, 2.05) is 45.0 Å². The van der Waals surface area contributed by atoms with Gasteiger partial charge in [-0.2, -0.15) is 0 Å². The molecule has 0 aliphatic carbocycles. The van der Waals surface area contributed by atoms with Crippen molar-refractivity contribution in [3.63, 3.8) is 0 Å². The highest BCUT2D eigenvalue weighted by Gasteiger charge is 2.27. The molecule has 2 amide bonds. The van der Waals surface area contributed by atoms with Crippen LogP contribution in [0.3, 0.4) is 0 Å². The van der Waals surface area contributed by atoms with Crippen molar-refractivity contribution in [3.05, 3.63) is 53.6 Å². The van der Waals surface area contributed by atoms with Crippen molar-refractivity contribution in [1.82, 2.24) is 10.2 Å². The fourth-order valence-electron chi connectivity index (χ4n) is 4.05. The first-order valence-electron chi connectivity index (χ1n) is 12.5. The molecule has 0 aromatic heterocycles. The molecule has 1 aliphatic rings. The average Bonchev–Trinajstić information content (AvgIpc) is 3.31. The number of fused-ring (bicyclic) bond motifs is 1. The number of anilines is 1. The second-order valence-corrected chi connectivity index (χ2v) is 11.6. The summed E-state index contributed by atoms with van der Waals surface area (Å²) in [5, 5.41) is 2.91. The molecule has 37 heavy (non-hydrogen) atoms. The lowest BCUT2D eigenvalue weighted by Crippen LogP contribution is -2.48. The third-order valence-corrected chi connectivity index (χ3v) is 7.44. The molecule has 3 rings (SSSR count). The van der Waals surface area contributed by atoms with Crippen molar-refractivity contribution in [2.24, 2.45) is 5.92 Å². The lowest BCUT2D eigenvalue weighted by Gasteiger charge is -2.30. The molecule has 1 N–H and O–H groups in total. The largest absolute Gasteiger partial charge is 0.454 e. The Bertz CT molecular complexity index is 1210. The predicted octanol–water partition coefficient (Wildman–Crippen LogP) is 3.46. The van der Waals surface area contributed by atoms with Gasteiger partial charge in [0.25, 0.3) is 0 Å². The first-order valence-corrected chi connectivity index (χ1v) is 14.3. The number of sulfonamides is 1. The summed E-state index contributed by atoms with van der Waals surface area (Å²) in [7, 11) is -3.61. The first kappa shape index (κ1) is 28.3. The number of aryl methyl sites for hydroxylation is 1. The van der Waals surface area contributed by atoms with E-state index in [0.717, 1.165) is 17.4 Å². The molecule has 9 nitrogen and oxygen atoms in total. The van der Waals surface area contributed by atoms with Gasteiger partial charge in [-0.05, 0) is 49.4 Å². The van der Waals surface area contributed by atoms with E-state index < -0.39 is 16.1 Å². The maximum atomic E-state index is 13.4. The van der Waals surface area contributed by atoms with Gasteiger partial charge in [0.05, 0.1) is 11.9 Å². The molecule has 0 bridgehead atoms. The Balaban J connectivity index is 1.73. The van der Waals surface area contributed by atoms with Crippen LogP contribution >= 0.6 is 0 Å². The Morgan fingerprint density at radius 2 is 1.76 bits per heavy atom. The molecule has 0 spiro atoms. The van der Waals surface area contributed by atoms with Crippen LogP contribution in [0.4, 0.5) is 5.69 Å². The Hall–Kier alpha value is -3.27. The molecule has 1 aliphatic heterocycles. The number of hydrogen-bond donors (Lipinski definition) is 1. The molecule has 1 heterocycles. The number of ether oxygens (including phenoxy) is 2. The molecule has 0 radical (unpaired) electrons. The zero-order valence-electron chi connectivity index (χ0n) is 22.2. The number of hydrogen-bond acceptors (Lipinski definition) is 6. The average molecular weight is 532 g/mol. The minimum Gasteiger partial charge on any atom is -0.454 e. The zero-order valence-corrected chi connectivity index (χ0v) is 23.0. The van der Waals surface area contributed by atoms with Gasteiger partial charge in [-0.1, -0.05) is 38.1 Å². The number of carbonyl (C=O) groups excluding carboxylic acids is 2. The molecular weight excluding hydrogens is 494 g/mol. The highest BCUT2D eigenvalue weighted by atomic mass is 32.2. The lowest BCUT2D eigenvalue weighted by molar-refractivity contribution is -0.140. The third kappa shape index (κ3) is 7.61. The Kier molecular flexibility index (Phi) is 9.42. The molecule has 1 atom stereocenters. The van der Waals surface area contributed by atoms with Crippen molar-refractivity contribution >= 4 is 27.5 Å². The second-order valence-electron chi connectivity index (χ2n) is 9.74. The highest BCUT2D eigenvalue weighted by molar-refractivity contribution is 7.92. The van der Waals surface area contributed by atoms with Gasteiger partial charge in [0.1, 0.15) is 6.04 Å². The summed E-state index contributed by atoms with van der Waals surface area (Å²) in [6.45, 7) is 8.72. The van der Waals surface area contributed by atoms with Gasteiger partial charge in [-0.15, -0.1) is 0 Å². The predicted molar refractivity (Wildman–Crippen MR) is 143 cm³/mol. The van der Waals surface area contributed by atoms with Crippen molar-refractivity contribution in [2.75, 3.05) is 30.4 Å². The summed E-state index contributed by atoms with van der Waals surface area (Å²) in [6.07, 6.45) is 1.50. The smallest absolute Gasteiger partial charge is 0.242 e. The fourth-order valence-corrected chi connectivity index (χ4v) is 5.01. The van der Waals surface area contributed by atoms with Crippen molar-refractivity contribution in [2.45, 2.75) is 53.1 Å². The summed E-state index contributed by atoms with van der Waals surface area (Å²) in [6, 6.07) is 12.0. The molecule has 0 saturated carbocycles. The number of benzene rings is 2. The molecule has 2 aromatic rings. The summed E-state index contributed by atoms with van der Waals surface area (Å²) >= 11 is 0. The van der Waals surface area contributed by atoms with Gasteiger partial charge < -0.3 is 19.7 Å². The maximum Gasteiger partial charge on any atom is 0.242 e. The van der Waals surface area contributed by atoms with Gasteiger partial charge in [0.15, 0.2) is 11.5 Å². The van der Waals surface area contributed by atoms with Gasteiger partial charge in [0, 0.05) is 32.1 Å². The second kappa shape index (κ2) is 12.3. The summed E-state index contributed by atoms with van der Waals surface area (Å²) in [5.74, 6) is 0.898. The van der Waals surface area contributed by atoms with Gasteiger partial charge in [-0.3, -0.25) is 13.9 Å². The molecule has 202 valence electrons. The zero-order chi connectivity index (χ0) is 27.2. The van der Waals surface area contributed by atoms with Crippen molar-refractivity contribution in [1.29, 1.82) is 0 Å². The van der Waals surface area contributed by atoms with E-state index in [0.29, 0.717) is 30.3 Å². The van der Waals surface area contributed by atoms with E-state index in [2.05, 4.69) is 5.32 Å². The molecule has 0 saturated heterocycles. The Labute approximate surface area is 219 Å². The van der Waals surface area contributed by atoms with Gasteiger partial charge >= 0.3 is 0 Å². The summed E-state index contributed by atoms with van der Waals surface area (Å²) in [4.78, 5) is 27.8. The van der Waals surface area contributed by atoms with Crippen LogP contribution < -0.4 is 19.1 Å². The van der Waals surface area contributed by atoms with Crippen LogP contribution in [-0.2, 0) is 26.2 Å². The molecule has 2 aromatic carbocycles. The number of nitrogens with one attached hydrogen (secondary N) is 1. The van der Waals surface area contributed by atoms with Crippen LogP contribution in [-0.4, -0.2) is 57.3 Å². The Morgan fingerprint density at radius 3 is 2.43 bits per heavy atom. The van der Waals surface area contributed by atoms with Gasteiger partial charge in [-0.25, -0.2) is 8.42 Å². The standard InChI is InChI=1S/C27H37N3O6S/c1-19(2)16-28-27(32)21(4)29(17-22-10-7-6-9-20(22)3)26(31)11-8-14-30(37(5,33)34)23-12-13-24-25(15-23)36-18-35-24/h6-7,9-10,12-13,15,19,21H,8,11,14,16-18H2,1-5H3,(H,28,32)/t21-/m1/s1. The van der Waals surface area contributed by atoms with Crippen LogP contribution in [0.1, 0.15) is 44.7 Å². The molecule has 0 unspecified atom stereocenters. The highest BCUT2D eigenvalue weighted by Crippen LogP contribution is 2.36. The molecular formula is C27H37N3O6S. The topological polar surface area (TPSA) is 105 Å². The van der Waals surface area contributed by atoms with E-state index in [1.54, 1.807) is 30.0 Å². The minimum atomic E-state index is -3.61. The summed E-state index contributed by atoms with van der Waals surface area (Å²) < 4.78 is 37.1. The lowest BCUT2D eigenvalue weighted by atomic mass is 10.1. The summed E-state index contributed by atoms with van der Waals surface area (Å²) in [5.41, 5.74) is 2.43. The fraction of sp³-hybridized carbons (Fsp3) is 0.481. The van der Waals surface area contributed by atoms with Crippen LogP contribution in [0, 0.1) is 12.8 Å². The van der Waals surface area contributed by atoms with Crippen LogP contribution in [0.15, 0.2) is 42.5 Å².